The third kappa shape index (κ3) is 3.78. The fraction of sp³-hybridized carbons (Fsp3) is 0.267. The van der Waals surface area contributed by atoms with Crippen molar-refractivity contribution in [3.63, 3.8) is 0 Å². The molecule has 100 valence electrons. The van der Waals surface area contributed by atoms with Crippen molar-refractivity contribution < 1.29 is 9.84 Å². The lowest BCUT2D eigenvalue weighted by Crippen LogP contribution is -2.01. The average Bonchev–Trinajstić information content (AvgIpc) is 2.45. The Bertz CT molecular complexity index is 528. The molecule has 2 rings (SSSR count). The van der Waals surface area contributed by atoms with Crippen LogP contribution in [0, 0.1) is 0 Å². The Balaban J connectivity index is 2.13. The van der Waals surface area contributed by atoms with Crippen LogP contribution in [0.25, 0.3) is 0 Å². The van der Waals surface area contributed by atoms with Crippen molar-refractivity contribution in [3.8, 4) is 5.75 Å². The number of aromatic nitrogens is 1. The summed E-state index contributed by atoms with van der Waals surface area (Å²) >= 11 is 3.35. The van der Waals surface area contributed by atoms with E-state index in [0.717, 1.165) is 27.8 Å². The Labute approximate surface area is 121 Å². The summed E-state index contributed by atoms with van der Waals surface area (Å²) in [5.41, 5.74) is 1.58. The Morgan fingerprint density at radius 2 is 1.95 bits per heavy atom. The number of aliphatic hydroxyl groups is 1. The molecule has 1 heterocycles. The highest BCUT2D eigenvalue weighted by atomic mass is 79.9. The largest absolute Gasteiger partial charge is 0.494 e. The third-order valence-electron chi connectivity index (χ3n) is 2.71. The predicted molar refractivity (Wildman–Crippen MR) is 78.2 cm³/mol. The zero-order valence-electron chi connectivity index (χ0n) is 10.7. The Kier molecular flexibility index (Phi) is 4.93. The number of hydrogen-bond acceptors (Lipinski definition) is 3. The van der Waals surface area contributed by atoms with Gasteiger partial charge in [0.15, 0.2) is 0 Å². The van der Waals surface area contributed by atoms with Crippen LogP contribution in [0.15, 0.2) is 47.2 Å². The molecule has 0 aliphatic carbocycles. The van der Waals surface area contributed by atoms with Crippen molar-refractivity contribution in [2.45, 2.75) is 19.4 Å². The first kappa shape index (κ1) is 14.0. The van der Waals surface area contributed by atoms with E-state index in [1.165, 1.54) is 0 Å². The van der Waals surface area contributed by atoms with Crippen LogP contribution in [-0.2, 0) is 0 Å². The minimum Gasteiger partial charge on any atom is -0.494 e. The van der Waals surface area contributed by atoms with Crippen molar-refractivity contribution in [3.05, 3.63) is 58.3 Å². The molecule has 0 spiro atoms. The van der Waals surface area contributed by atoms with E-state index in [0.29, 0.717) is 6.61 Å². The number of ether oxygens (including phenoxy) is 1. The van der Waals surface area contributed by atoms with E-state index in [2.05, 4.69) is 27.8 Å². The van der Waals surface area contributed by atoms with E-state index in [9.17, 15) is 5.11 Å². The van der Waals surface area contributed by atoms with Crippen molar-refractivity contribution in [2.24, 2.45) is 0 Å². The van der Waals surface area contributed by atoms with E-state index in [1.54, 1.807) is 12.4 Å². The summed E-state index contributed by atoms with van der Waals surface area (Å²) in [6, 6.07) is 9.35. The number of nitrogens with zero attached hydrogens (tertiary/aromatic N) is 1. The Morgan fingerprint density at radius 3 is 2.58 bits per heavy atom. The van der Waals surface area contributed by atoms with Gasteiger partial charge in [0.05, 0.1) is 6.61 Å². The molecule has 1 N–H and O–H groups in total. The van der Waals surface area contributed by atoms with Crippen LogP contribution < -0.4 is 4.74 Å². The monoisotopic (exact) mass is 321 g/mol. The molecule has 1 aromatic heterocycles. The van der Waals surface area contributed by atoms with Gasteiger partial charge < -0.3 is 9.84 Å². The number of halogens is 1. The lowest BCUT2D eigenvalue weighted by Gasteiger charge is -2.12. The molecule has 0 amide bonds. The summed E-state index contributed by atoms with van der Waals surface area (Å²) in [4.78, 5) is 4.06. The summed E-state index contributed by atoms with van der Waals surface area (Å²) in [5.74, 6) is 0.824. The van der Waals surface area contributed by atoms with Crippen LogP contribution in [0.4, 0.5) is 0 Å². The summed E-state index contributed by atoms with van der Waals surface area (Å²) < 4.78 is 6.37. The zero-order chi connectivity index (χ0) is 13.7. The topological polar surface area (TPSA) is 42.4 Å². The summed E-state index contributed by atoms with van der Waals surface area (Å²) in [6.07, 6.45) is 3.66. The van der Waals surface area contributed by atoms with Crippen LogP contribution in [0.2, 0.25) is 0 Å². The van der Waals surface area contributed by atoms with Gasteiger partial charge in [-0.05, 0) is 46.1 Å². The minimum atomic E-state index is -0.676. The molecule has 0 aliphatic rings. The van der Waals surface area contributed by atoms with Crippen molar-refractivity contribution in [2.75, 3.05) is 6.61 Å². The first-order valence-corrected chi connectivity index (χ1v) is 7.01. The van der Waals surface area contributed by atoms with Crippen molar-refractivity contribution >= 4 is 15.9 Å². The quantitative estimate of drug-likeness (QED) is 0.912. The molecule has 1 unspecified atom stereocenters. The van der Waals surface area contributed by atoms with E-state index >= 15 is 0 Å². The maximum Gasteiger partial charge on any atom is 0.119 e. The van der Waals surface area contributed by atoms with Gasteiger partial charge in [-0.15, -0.1) is 0 Å². The van der Waals surface area contributed by atoms with E-state index in [1.807, 2.05) is 30.3 Å². The van der Waals surface area contributed by atoms with Gasteiger partial charge in [0.2, 0.25) is 0 Å². The molecule has 0 aliphatic heterocycles. The Hall–Kier alpha value is -1.39. The fourth-order valence-corrected chi connectivity index (χ4v) is 2.12. The molecule has 19 heavy (non-hydrogen) atoms. The van der Waals surface area contributed by atoms with Gasteiger partial charge in [0, 0.05) is 22.4 Å². The highest BCUT2D eigenvalue weighted by Crippen LogP contribution is 2.25. The summed E-state index contributed by atoms with van der Waals surface area (Å²) in [7, 11) is 0. The number of benzene rings is 1. The molecular formula is C15H16BrNO2. The first-order chi connectivity index (χ1) is 9.20. The molecule has 0 radical (unpaired) electrons. The average molecular weight is 322 g/mol. The Morgan fingerprint density at radius 1 is 1.21 bits per heavy atom. The van der Waals surface area contributed by atoms with Gasteiger partial charge in [-0.1, -0.05) is 19.1 Å². The van der Waals surface area contributed by atoms with Crippen LogP contribution >= 0.6 is 15.9 Å². The standard InChI is InChI=1S/C15H16BrNO2/c1-2-7-19-14-5-3-11(4-6-14)15(18)12-8-13(16)10-17-9-12/h3-6,8-10,15,18H,2,7H2,1H3. The molecular weight excluding hydrogens is 306 g/mol. The normalized spacial score (nSPS) is 12.2. The second-order valence-corrected chi connectivity index (χ2v) is 5.17. The molecule has 0 saturated heterocycles. The lowest BCUT2D eigenvalue weighted by atomic mass is 10.0. The number of pyridine rings is 1. The summed E-state index contributed by atoms with van der Waals surface area (Å²) in [5, 5.41) is 10.3. The second-order valence-electron chi connectivity index (χ2n) is 4.26. The van der Waals surface area contributed by atoms with E-state index in [-0.39, 0.29) is 0 Å². The SMILES string of the molecule is CCCOc1ccc(C(O)c2cncc(Br)c2)cc1. The predicted octanol–water partition coefficient (Wildman–Crippen LogP) is 3.71. The van der Waals surface area contributed by atoms with E-state index in [4.69, 9.17) is 4.74 Å². The van der Waals surface area contributed by atoms with Crippen LogP contribution in [0.5, 0.6) is 5.75 Å². The van der Waals surface area contributed by atoms with Gasteiger partial charge in [0.25, 0.3) is 0 Å². The maximum atomic E-state index is 10.3. The van der Waals surface area contributed by atoms with Crippen LogP contribution in [0.1, 0.15) is 30.6 Å². The van der Waals surface area contributed by atoms with Crippen LogP contribution in [-0.4, -0.2) is 16.7 Å². The second kappa shape index (κ2) is 6.68. The fourth-order valence-electron chi connectivity index (χ4n) is 1.74. The summed E-state index contributed by atoms with van der Waals surface area (Å²) in [6.45, 7) is 2.77. The molecule has 0 fully saturated rings. The first-order valence-electron chi connectivity index (χ1n) is 6.22. The van der Waals surface area contributed by atoms with Gasteiger partial charge in [-0.25, -0.2) is 0 Å². The molecule has 1 aromatic carbocycles. The van der Waals surface area contributed by atoms with Gasteiger partial charge in [-0.3, -0.25) is 4.98 Å². The lowest BCUT2D eigenvalue weighted by molar-refractivity contribution is 0.219. The van der Waals surface area contributed by atoms with Crippen molar-refractivity contribution in [1.29, 1.82) is 0 Å². The molecule has 4 heteroatoms. The highest BCUT2D eigenvalue weighted by molar-refractivity contribution is 9.10. The zero-order valence-corrected chi connectivity index (χ0v) is 12.3. The van der Waals surface area contributed by atoms with Crippen molar-refractivity contribution in [1.82, 2.24) is 4.98 Å². The van der Waals surface area contributed by atoms with Crippen LogP contribution in [0.3, 0.4) is 0 Å². The van der Waals surface area contributed by atoms with Gasteiger partial charge in [0.1, 0.15) is 11.9 Å². The molecule has 0 bridgehead atoms. The van der Waals surface area contributed by atoms with Gasteiger partial charge in [-0.2, -0.15) is 0 Å². The molecule has 2 aromatic rings. The number of hydrogen-bond donors (Lipinski definition) is 1. The molecule has 0 saturated carbocycles. The molecule has 1 atom stereocenters. The minimum absolute atomic E-state index is 0.676. The number of aliphatic hydroxyl groups excluding tert-OH is 1. The smallest absolute Gasteiger partial charge is 0.119 e. The third-order valence-corrected chi connectivity index (χ3v) is 3.14. The van der Waals surface area contributed by atoms with Gasteiger partial charge >= 0.3 is 0 Å². The highest BCUT2D eigenvalue weighted by Gasteiger charge is 2.11. The molecule has 3 nitrogen and oxygen atoms in total. The van der Waals surface area contributed by atoms with E-state index < -0.39 is 6.10 Å². The number of rotatable bonds is 5. The maximum absolute atomic E-state index is 10.3.